The third kappa shape index (κ3) is 2.87. The number of aromatic nitrogens is 1. The number of fused-ring (bicyclic) bond motifs is 1. The molecule has 2 aromatic heterocycles. The van der Waals surface area contributed by atoms with Gasteiger partial charge in [-0.25, -0.2) is 14.7 Å². The molecule has 6 nitrogen and oxygen atoms in total. The highest BCUT2D eigenvalue weighted by Crippen LogP contribution is 2.36. The third-order valence-corrected chi connectivity index (χ3v) is 5.08. The second-order valence-corrected chi connectivity index (χ2v) is 7.10. The highest BCUT2D eigenvalue weighted by Gasteiger charge is 2.34. The van der Waals surface area contributed by atoms with Crippen molar-refractivity contribution in [2.45, 2.75) is 19.9 Å². The van der Waals surface area contributed by atoms with Crippen molar-refractivity contribution in [3.63, 3.8) is 0 Å². The maximum absolute atomic E-state index is 13.2. The number of ketones is 1. The molecule has 0 fully saturated rings. The van der Waals surface area contributed by atoms with Crippen molar-refractivity contribution < 1.29 is 9.59 Å². The molecule has 0 unspecified atom stereocenters. The summed E-state index contributed by atoms with van der Waals surface area (Å²) in [4.78, 5) is 37.9. The summed E-state index contributed by atoms with van der Waals surface area (Å²) in [5, 5.41) is 1.97. The monoisotopic (exact) mass is 352 g/mol. The maximum Gasteiger partial charge on any atom is 0.331 e. The summed E-state index contributed by atoms with van der Waals surface area (Å²) in [6, 6.07) is 5.64. The molecule has 0 atom stereocenters. The first-order chi connectivity index (χ1) is 12.1. The summed E-state index contributed by atoms with van der Waals surface area (Å²) < 4.78 is 0. The Morgan fingerprint density at radius 3 is 2.92 bits per heavy atom. The largest absolute Gasteiger partial charge is 0.331 e. The summed E-state index contributed by atoms with van der Waals surface area (Å²) in [5.74, 6) is 0.689. The minimum Gasteiger partial charge on any atom is -0.314 e. The van der Waals surface area contributed by atoms with Crippen LogP contribution in [0.1, 0.15) is 16.9 Å². The lowest BCUT2D eigenvalue weighted by molar-refractivity contribution is -0.113. The average molecular weight is 352 g/mol. The number of allylic oxidation sites excluding steroid dienone is 1. The third-order valence-electron chi connectivity index (χ3n) is 4.24. The minimum absolute atomic E-state index is 0.0158. The van der Waals surface area contributed by atoms with E-state index in [-0.39, 0.29) is 18.2 Å². The molecular formula is C18H16N4O2S. The van der Waals surface area contributed by atoms with E-state index >= 15 is 0 Å². The Kier molecular flexibility index (Phi) is 3.93. The van der Waals surface area contributed by atoms with E-state index in [1.807, 2.05) is 30.5 Å². The number of rotatable bonds is 3. The van der Waals surface area contributed by atoms with Gasteiger partial charge in [0.25, 0.3) is 0 Å². The van der Waals surface area contributed by atoms with E-state index in [1.54, 1.807) is 27.3 Å². The number of hydrogen-bond acceptors (Lipinski definition) is 5. The van der Waals surface area contributed by atoms with E-state index < -0.39 is 0 Å². The zero-order valence-corrected chi connectivity index (χ0v) is 14.5. The molecule has 0 radical (unpaired) electrons. The van der Waals surface area contributed by atoms with Crippen LogP contribution in [0, 0.1) is 6.92 Å². The van der Waals surface area contributed by atoms with Gasteiger partial charge in [-0.2, -0.15) is 0 Å². The fraction of sp³-hybridized carbons (Fsp3) is 0.222. The molecule has 2 aromatic rings. The first-order valence-electron chi connectivity index (χ1n) is 7.95. The van der Waals surface area contributed by atoms with Crippen molar-refractivity contribution in [2.24, 2.45) is 4.99 Å². The van der Waals surface area contributed by atoms with Gasteiger partial charge >= 0.3 is 6.03 Å². The van der Waals surface area contributed by atoms with Gasteiger partial charge in [-0.3, -0.25) is 9.79 Å². The van der Waals surface area contributed by atoms with Crippen LogP contribution in [0.3, 0.4) is 0 Å². The number of thiophene rings is 1. The number of hydrogen-bond donors (Lipinski definition) is 0. The molecule has 2 aliphatic heterocycles. The normalized spacial score (nSPS) is 16.9. The summed E-state index contributed by atoms with van der Waals surface area (Å²) in [7, 11) is 0. The van der Waals surface area contributed by atoms with E-state index in [0.717, 1.165) is 16.1 Å². The van der Waals surface area contributed by atoms with Crippen LogP contribution in [0.2, 0.25) is 0 Å². The molecule has 0 aromatic carbocycles. The van der Waals surface area contributed by atoms with Crippen LogP contribution in [0.25, 0.3) is 0 Å². The molecule has 25 heavy (non-hydrogen) atoms. The van der Waals surface area contributed by atoms with Crippen molar-refractivity contribution in [3.05, 3.63) is 52.5 Å². The molecule has 0 bridgehead atoms. The number of urea groups is 1. The Bertz CT molecular complexity index is 915. The van der Waals surface area contributed by atoms with Gasteiger partial charge in [0.2, 0.25) is 0 Å². The number of aryl methyl sites for hydroxylation is 1. The van der Waals surface area contributed by atoms with Crippen LogP contribution in [0.4, 0.5) is 16.3 Å². The van der Waals surface area contributed by atoms with Gasteiger partial charge in [-0.15, -0.1) is 11.3 Å². The second kappa shape index (κ2) is 6.25. The van der Waals surface area contributed by atoms with Crippen LogP contribution in [0.15, 0.2) is 47.0 Å². The lowest BCUT2D eigenvalue weighted by atomic mass is 10.1. The number of carbonyl (C=O) groups excluding carboxylic acids is 2. The van der Waals surface area contributed by atoms with Gasteiger partial charge in [0.05, 0.1) is 25.2 Å². The zero-order valence-electron chi connectivity index (χ0n) is 13.7. The van der Waals surface area contributed by atoms with E-state index in [9.17, 15) is 9.59 Å². The number of nitrogens with zero attached hydrogens (tertiary/aromatic N) is 4. The van der Waals surface area contributed by atoms with Crippen molar-refractivity contribution in [1.29, 1.82) is 0 Å². The van der Waals surface area contributed by atoms with Gasteiger partial charge in [0.1, 0.15) is 5.82 Å². The van der Waals surface area contributed by atoms with Crippen LogP contribution in [-0.2, 0) is 11.3 Å². The topological polar surface area (TPSA) is 65.9 Å². The predicted octanol–water partition coefficient (Wildman–Crippen LogP) is 3.45. The Morgan fingerprint density at radius 1 is 1.28 bits per heavy atom. The van der Waals surface area contributed by atoms with Gasteiger partial charge in [-0.1, -0.05) is 6.07 Å². The van der Waals surface area contributed by atoms with Crippen molar-refractivity contribution in [1.82, 2.24) is 9.88 Å². The Hall–Kier alpha value is -2.80. The Labute approximate surface area is 149 Å². The van der Waals surface area contributed by atoms with Gasteiger partial charge in [-0.05, 0) is 30.5 Å². The Morgan fingerprint density at radius 2 is 2.16 bits per heavy atom. The summed E-state index contributed by atoms with van der Waals surface area (Å²) >= 11 is 1.59. The number of pyridine rings is 1. The average Bonchev–Trinajstić information content (AvgIpc) is 3.01. The molecule has 0 spiro atoms. The highest BCUT2D eigenvalue weighted by molar-refractivity contribution is 7.10. The zero-order chi connectivity index (χ0) is 17.4. The fourth-order valence-corrected chi connectivity index (χ4v) is 3.74. The van der Waals surface area contributed by atoms with E-state index in [1.165, 1.54) is 12.3 Å². The first-order valence-corrected chi connectivity index (χ1v) is 8.83. The van der Waals surface area contributed by atoms with E-state index in [0.29, 0.717) is 24.6 Å². The standard InChI is InChI=1S/C18H16N4O2S/c1-12-16(5-8-25-12)22-17-13(3-2-6-20-17)10-21(18(22)24)11-14-9-15(23)4-7-19-14/h2-8H,9-11H2,1H3. The number of aliphatic imine (C=N–C) groups is 1. The summed E-state index contributed by atoms with van der Waals surface area (Å²) in [6.45, 7) is 2.78. The molecule has 0 saturated carbocycles. The molecule has 126 valence electrons. The second-order valence-electron chi connectivity index (χ2n) is 5.98. The smallest absolute Gasteiger partial charge is 0.314 e. The fourth-order valence-electron chi connectivity index (χ4n) is 3.06. The molecule has 4 rings (SSSR count). The molecule has 4 heterocycles. The molecule has 0 aliphatic carbocycles. The lowest BCUT2D eigenvalue weighted by Crippen LogP contribution is -2.47. The molecule has 2 aliphatic rings. The van der Waals surface area contributed by atoms with Gasteiger partial charge in [0, 0.05) is 28.5 Å². The SMILES string of the molecule is Cc1sccc1N1C(=O)N(CC2=NC=CC(=O)C2)Cc2cccnc21. The van der Waals surface area contributed by atoms with Crippen LogP contribution < -0.4 is 4.90 Å². The predicted molar refractivity (Wildman–Crippen MR) is 97.4 cm³/mol. The molecule has 2 amide bonds. The summed E-state index contributed by atoms with van der Waals surface area (Å²) in [5.41, 5.74) is 2.53. The Balaban J connectivity index is 1.71. The van der Waals surface area contributed by atoms with E-state index in [4.69, 9.17) is 0 Å². The molecule has 0 N–H and O–H groups in total. The minimum atomic E-state index is -0.141. The van der Waals surface area contributed by atoms with E-state index in [2.05, 4.69) is 9.98 Å². The number of amides is 2. The molecule has 7 heteroatoms. The number of anilines is 2. The van der Waals surface area contributed by atoms with Crippen LogP contribution >= 0.6 is 11.3 Å². The maximum atomic E-state index is 13.2. The van der Waals surface area contributed by atoms with Gasteiger partial charge < -0.3 is 4.90 Å². The quantitative estimate of drug-likeness (QED) is 0.850. The molecule has 0 saturated heterocycles. The van der Waals surface area contributed by atoms with Crippen molar-refractivity contribution in [3.8, 4) is 0 Å². The van der Waals surface area contributed by atoms with Crippen LogP contribution in [-0.4, -0.2) is 34.0 Å². The van der Waals surface area contributed by atoms with Crippen LogP contribution in [0.5, 0.6) is 0 Å². The number of carbonyl (C=O) groups is 2. The highest BCUT2D eigenvalue weighted by atomic mass is 32.1. The van der Waals surface area contributed by atoms with Gasteiger partial charge in [0.15, 0.2) is 5.78 Å². The summed E-state index contributed by atoms with van der Waals surface area (Å²) in [6.07, 6.45) is 4.93. The molecular weight excluding hydrogens is 336 g/mol. The lowest BCUT2D eigenvalue weighted by Gasteiger charge is -2.36. The first kappa shape index (κ1) is 15.7. The van der Waals surface area contributed by atoms with Crippen molar-refractivity contribution in [2.75, 3.05) is 11.4 Å². The van der Waals surface area contributed by atoms with Crippen molar-refractivity contribution >= 4 is 40.4 Å².